The zero-order chi connectivity index (χ0) is 14.5. The van der Waals surface area contributed by atoms with Crippen molar-refractivity contribution in [2.75, 3.05) is 36.5 Å². The van der Waals surface area contributed by atoms with E-state index in [9.17, 15) is 0 Å². The molecule has 1 saturated heterocycles. The van der Waals surface area contributed by atoms with Crippen molar-refractivity contribution in [3.05, 3.63) is 16.1 Å². The Hall–Kier alpha value is -0.710. The normalized spacial score (nSPS) is 16.5. The van der Waals surface area contributed by atoms with Gasteiger partial charge in [-0.25, -0.2) is 4.98 Å². The molecule has 0 atom stereocenters. The quantitative estimate of drug-likeness (QED) is 0.895. The van der Waals surface area contributed by atoms with Gasteiger partial charge in [0, 0.05) is 26.2 Å². The molecule has 6 heteroatoms. The summed E-state index contributed by atoms with van der Waals surface area (Å²) in [5.41, 5.74) is 0. The van der Waals surface area contributed by atoms with Crippen LogP contribution in [0.25, 0.3) is 0 Å². The minimum atomic E-state index is 0.357. The van der Waals surface area contributed by atoms with Gasteiger partial charge in [0.25, 0.3) is 0 Å². The Kier molecular flexibility index (Phi) is 5.75. The van der Waals surface area contributed by atoms with E-state index in [-0.39, 0.29) is 0 Å². The van der Waals surface area contributed by atoms with Gasteiger partial charge in [-0.05, 0) is 32.8 Å². The molecular formula is C14H21Cl2N3O. The maximum absolute atomic E-state index is 6.28. The Morgan fingerprint density at radius 1 is 1.30 bits per heavy atom. The largest absolute Gasteiger partial charge is 0.378 e. The summed E-state index contributed by atoms with van der Waals surface area (Å²) in [7, 11) is 0. The van der Waals surface area contributed by atoms with Crippen LogP contribution in [0.4, 0.5) is 11.6 Å². The van der Waals surface area contributed by atoms with E-state index in [0.717, 1.165) is 44.9 Å². The van der Waals surface area contributed by atoms with Crippen LogP contribution in [0.2, 0.25) is 10.0 Å². The summed E-state index contributed by atoms with van der Waals surface area (Å²) < 4.78 is 5.67. The van der Waals surface area contributed by atoms with Crippen LogP contribution in [0.5, 0.6) is 0 Å². The smallest absolute Gasteiger partial charge is 0.149 e. The van der Waals surface area contributed by atoms with Crippen molar-refractivity contribution < 1.29 is 4.74 Å². The Balaban J connectivity index is 2.11. The lowest BCUT2D eigenvalue weighted by Gasteiger charge is -2.33. The average Bonchev–Trinajstić information content (AvgIpc) is 2.43. The van der Waals surface area contributed by atoms with Crippen LogP contribution in [0.3, 0.4) is 0 Å². The summed E-state index contributed by atoms with van der Waals surface area (Å²) >= 11 is 12.4. The lowest BCUT2D eigenvalue weighted by atomic mass is 10.1. The van der Waals surface area contributed by atoms with Crippen molar-refractivity contribution in [1.29, 1.82) is 0 Å². The van der Waals surface area contributed by atoms with Crippen LogP contribution in [0.1, 0.15) is 26.7 Å². The summed E-state index contributed by atoms with van der Waals surface area (Å²) in [6, 6.07) is 1.76. The molecule has 1 aromatic rings. The third-order valence-corrected chi connectivity index (χ3v) is 3.97. The number of anilines is 2. The molecule has 1 fully saturated rings. The first-order chi connectivity index (χ1) is 9.65. The summed E-state index contributed by atoms with van der Waals surface area (Å²) in [5, 5.41) is 4.32. The van der Waals surface area contributed by atoms with E-state index in [0.29, 0.717) is 22.0 Å². The van der Waals surface area contributed by atoms with Gasteiger partial charge in [-0.1, -0.05) is 23.2 Å². The first-order valence-corrected chi connectivity index (χ1v) is 7.87. The van der Waals surface area contributed by atoms with Crippen molar-refractivity contribution in [3.8, 4) is 0 Å². The number of hydrogen-bond acceptors (Lipinski definition) is 4. The maximum Gasteiger partial charge on any atom is 0.149 e. The van der Waals surface area contributed by atoms with Crippen LogP contribution >= 0.6 is 23.2 Å². The molecule has 0 spiro atoms. The van der Waals surface area contributed by atoms with Crippen molar-refractivity contribution in [1.82, 2.24) is 4.98 Å². The van der Waals surface area contributed by atoms with Crippen LogP contribution in [-0.2, 0) is 4.74 Å². The van der Waals surface area contributed by atoms with Gasteiger partial charge in [0.1, 0.15) is 11.6 Å². The Morgan fingerprint density at radius 2 is 2.00 bits per heavy atom. The highest BCUT2D eigenvalue weighted by Crippen LogP contribution is 2.33. The predicted molar refractivity (Wildman–Crippen MR) is 85.3 cm³/mol. The van der Waals surface area contributed by atoms with Crippen LogP contribution in [-0.4, -0.2) is 37.3 Å². The van der Waals surface area contributed by atoms with E-state index >= 15 is 0 Å². The molecule has 1 aromatic heterocycles. The van der Waals surface area contributed by atoms with Crippen LogP contribution in [0.15, 0.2) is 6.07 Å². The Labute approximate surface area is 130 Å². The molecule has 4 nitrogen and oxygen atoms in total. The molecule has 20 heavy (non-hydrogen) atoms. The first-order valence-electron chi connectivity index (χ1n) is 7.12. The number of nitrogens with zero attached hydrogens (tertiary/aromatic N) is 2. The number of nitrogens with one attached hydrogen (secondary N) is 1. The molecule has 0 saturated carbocycles. The lowest BCUT2D eigenvalue weighted by molar-refractivity contribution is 0.0458. The lowest BCUT2D eigenvalue weighted by Crippen LogP contribution is -2.37. The van der Waals surface area contributed by atoms with Crippen LogP contribution < -0.4 is 10.2 Å². The summed E-state index contributed by atoms with van der Waals surface area (Å²) in [4.78, 5) is 6.77. The second-order valence-corrected chi connectivity index (χ2v) is 5.61. The second kappa shape index (κ2) is 7.34. The summed E-state index contributed by atoms with van der Waals surface area (Å²) in [5.74, 6) is 1.50. The van der Waals surface area contributed by atoms with Crippen molar-refractivity contribution in [3.63, 3.8) is 0 Å². The van der Waals surface area contributed by atoms with Crippen LogP contribution in [0, 0.1) is 0 Å². The SMILES string of the molecule is CCNc1nc(N2CCC(OCC)CC2)c(Cl)cc1Cl. The van der Waals surface area contributed by atoms with Gasteiger partial charge >= 0.3 is 0 Å². The number of piperidine rings is 1. The Bertz CT molecular complexity index is 448. The number of hydrogen-bond donors (Lipinski definition) is 1. The molecule has 0 amide bonds. The molecular weight excluding hydrogens is 297 g/mol. The van der Waals surface area contributed by atoms with E-state index in [1.165, 1.54) is 0 Å². The monoisotopic (exact) mass is 317 g/mol. The fourth-order valence-electron chi connectivity index (χ4n) is 2.44. The predicted octanol–water partition coefficient (Wildman–Crippen LogP) is 3.83. The summed E-state index contributed by atoms with van der Waals surface area (Å²) in [6.45, 7) is 7.41. The topological polar surface area (TPSA) is 37.4 Å². The van der Waals surface area contributed by atoms with E-state index < -0.39 is 0 Å². The number of pyridine rings is 1. The molecule has 1 aliphatic rings. The zero-order valence-corrected chi connectivity index (χ0v) is 13.5. The zero-order valence-electron chi connectivity index (χ0n) is 12.0. The first kappa shape index (κ1) is 15.7. The molecule has 2 rings (SSSR count). The molecule has 2 heterocycles. The van der Waals surface area contributed by atoms with Gasteiger partial charge in [0.2, 0.25) is 0 Å². The van der Waals surface area contributed by atoms with Crippen molar-refractivity contribution >= 4 is 34.8 Å². The fraction of sp³-hybridized carbons (Fsp3) is 0.643. The molecule has 0 unspecified atom stereocenters. The van der Waals surface area contributed by atoms with Gasteiger partial charge in [-0.2, -0.15) is 0 Å². The molecule has 0 aliphatic carbocycles. The van der Waals surface area contributed by atoms with E-state index in [1.54, 1.807) is 6.07 Å². The van der Waals surface area contributed by atoms with E-state index in [1.807, 2.05) is 13.8 Å². The number of ether oxygens (including phenoxy) is 1. The minimum Gasteiger partial charge on any atom is -0.378 e. The second-order valence-electron chi connectivity index (χ2n) is 4.80. The standard InChI is InChI=1S/C14H21Cl2N3O/c1-3-17-13-11(15)9-12(16)14(18-13)19-7-5-10(6-8-19)20-4-2/h9-10H,3-8H2,1-2H3,(H,17,18). The van der Waals surface area contributed by atoms with Gasteiger partial charge in [0.15, 0.2) is 0 Å². The molecule has 1 aliphatic heterocycles. The Morgan fingerprint density at radius 3 is 2.60 bits per heavy atom. The van der Waals surface area contributed by atoms with Gasteiger partial charge < -0.3 is 15.0 Å². The van der Waals surface area contributed by atoms with Crippen molar-refractivity contribution in [2.24, 2.45) is 0 Å². The highest BCUT2D eigenvalue weighted by atomic mass is 35.5. The number of rotatable bonds is 5. The maximum atomic E-state index is 6.28. The third kappa shape index (κ3) is 3.68. The molecule has 0 aromatic carbocycles. The van der Waals surface area contributed by atoms with Gasteiger partial charge in [-0.3, -0.25) is 0 Å². The van der Waals surface area contributed by atoms with Gasteiger partial charge in [0.05, 0.1) is 16.1 Å². The fourth-order valence-corrected chi connectivity index (χ4v) is 2.98. The molecule has 112 valence electrons. The van der Waals surface area contributed by atoms with E-state index in [4.69, 9.17) is 27.9 Å². The molecule has 0 bridgehead atoms. The molecule has 1 N–H and O–H groups in total. The summed E-state index contributed by atoms with van der Waals surface area (Å²) in [6.07, 6.45) is 2.37. The number of aromatic nitrogens is 1. The number of halogens is 2. The van der Waals surface area contributed by atoms with Gasteiger partial charge in [-0.15, -0.1) is 0 Å². The average molecular weight is 318 g/mol. The van der Waals surface area contributed by atoms with E-state index in [2.05, 4.69) is 15.2 Å². The highest BCUT2D eigenvalue weighted by Gasteiger charge is 2.22. The minimum absolute atomic E-state index is 0.357. The van der Waals surface area contributed by atoms with Crippen molar-refractivity contribution in [2.45, 2.75) is 32.8 Å². The third-order valence-electron chi connectivity index (χ3n) is 3.40. The highest BCUT2D eigenvalue weighted by molar-refractivity contribution is 6.37. The molecule has 0 radical (unpaired) electrons.